The first-order chi connectivity index (χ1) is 11.1. The molecule has 0 bridgehead atoms. The molecule has 6 nitrogen and oxygen atoms in total. The standard InChI is InChI=1S/C16H17ClN4O2/c17-12-2-1-3-13(10-12)19-16(23)18-8-9-21-15(22)7-6-14(20-21)11-4-5-11/h1-3,6-7,10-11H,4-5,8-9H2,(H2,18,19,23). The van der Waals surface area contributed by atoms with Gasteiger partial charge in [0.25, 0.3) is 5.56 Å². The van der Waals surface area contributed by atoms with E-state index in [1.165, 1.54) is 10.7 Å². The number of halogens is 1. The summed E-state index contributed by atoms with van der Waals surface area (Å²) < 4.78 is 1.40. The minimum absolute atomic E-state index is 0.161. The van der Waals surface area contributed by atoms with Gasteiger partial charge in [-0.3, -0.25) is 4.79 Å². The second-order valence-electron chi connectivity index (χ2n) is 5.49. The fraction of sp³-hybridized carbons (Fsp3) is 0.312. The third kappa shape index (κ3) is 4.32. The van der Waals surface area contributed by atoms with Crippen LogP contribution >= 0.6 is 11.6 Å². The van der Waals surface area contributed by atoms with E-state index in [0.717, 1.165) is 18.5 Å². The van der Waals surface area contributed by atoms with Crippen molar-refractivity contribution < 1.29 is 4.79 Å². The van der Waals surface area contributed by atoms with Crippen molar-refractivity contribution in [2.24, 2.45) is 0 Å². The van der Waals surface area contributed by atoms with Crippen LogP contribution in [0.2, 0.25) is 5.02 Å². The second kappa shape index (κ2) is 6.83. The van der Waals surface area contributed by atoms with Crippen LogP contribution in [0.5, 0.6) is 0 Å². The Labute approximate surface area is 138 Å². The number of urea groups is 1. The van der Waals surface area contributed by atoms with Gasteiger partial charge < -0.3 is 10.6 Å². The van der Waals surface area contributed by atoms with Crippen LogP contribution in [0.3, 0.4) is 0 Å². The summed E-state index contributed by atoms with van der Waals surface area (Å²) >= 11 is 5.86. The summed E-state index contributed by atoms with van der Waals surface area (Å²) in [4.78, 5) is 23.6. The Balaban J connectivity index is 1.52. The van der Waals surface area contributed by atoms with Gasteiger partial charge >= 0.3 is 6.03 Å². The van der Waals surface area contributed by atoms with Crippen molar-refractivity contribution in [3.8, 4) is 0 Å². The minimum atomic E-state index is -0.348. The molecule has 120 valence electrons. The lowest BCUT2D eigenvalue weighted by atomic mass is 10.3. The zero-order valence-electron chi connectivity index (χ0n) is 12.5. The summed E-state index contributed by atoms with van der Waals surface area (Å²) in [6.07, 6.45) is 2.26. The molecule has 1 aliphatic carbocycles. The van der Waals surface area contributed by atoms with E-state index >= 15 is 0 Å². The van der Waals surface area contributed by atoms with Crippen LogP contribution in [-0.4, -0.2) is 22.4 Å². The third-order valence-electron chi connectivity index (χ3n) is 3.57. The topological polar surface area (TPSA) is 76.0 Å². The largest absolute Gasteiger partial charge is 0.336 e. The third-order valence-corrected chi connectivity index (χ3v) is 3.81. The highest BCUT2D eigenvalue weighted by molar-refractivity contribution is 6.30. The van der Waals surface area contributed by atoms with Crippen LogP contribution < -0.4 is 16.2 Å². The Morgan fingerprint density at radius 3 is 2.87 bits per heavy atom. The van der Waals surface area contributed by atoms with Gasteiger partial charge in [-0.2, -0.15) is 5.10 Å². The van der Waals surface area contributed by atoms with Crippen LogP contribution in [-0.2, 0) is 6.54 Å². The number of anilines is 1. The molecular weight excluding hydrogens is 316 g/mol. The molecule has 1 saturated carbocycles. The average Bonchev–Trinajstić information content (AvgIpc) is 3.34. The number of aromatic nitrogens is 2. The van der Waals surface area contributed by atoms with Gasteiger partial charge in [0, 0.05) is 29.2 Å². The van der Waals surface area contributed by atoms with Crippen molar-refractivity contribution in [1.82, 2.24) is 15.1 Å². The number of hydrogen-bond acceptors (Lipinski definition) is 3. The summed E-state index contributed by atoms with van der Waals surface area (Å²) in [6.45, 7) is 0.649. The molecule has 2 aromatic rings. The molecule has 1 aromatic carbocycles. The van der Waals surface area contributed by atoms with E-state index in [1.54, 1.807) is 30.3 Å². The maximum Gasteiger partial charge on any atom is 0.319 e. The molecule has 0 atom stereocenters. The molecule has 0 radical (unpaired) electrons. The first kappa shape index (κ1) is 15.6. The van der Waals surface area contributed by atoms with E-state index in [1.807, 2.05) is 0 Å². The monoisotopic (exact) mass is 332 g/mol. The first-order valence-electron chi connectivity index (χ1n) is 7.50. The molecule has 0 unspecified atom stereocenters. The average molecular weight is 333 g/mol. The molecule has 0 spiro atoms. The normalized spacial score (nSPS) is 13.6. The smallest absolute Gasteiger partial charge is 0.319 e. The van der Waals surface area contributed by atoms with E-state index in [4.69, 9.17) is 11.6 Å². The first-order valence-corrected chi connectivity index (χ1v) is 7.88. The molecule has 1 heterocycles. The summed E-state index contributed by atoms with van der Waals surface area (Å²) in [7, 11) is 0. The van der Waals surface area contributed by atoms with Crippen molar-refractivity contribution in [1.29, 1.82) is 0 Å². The van der Waals surface area contributed by atoms with E-state index in [9.17, 15) is 9.59 Å². The number of amides is 2. The van der Waals surface area contributed by atoms with Crippen LogP contribution in [0.15, 0.2) is 41.2 Å². The van der Waals surface area contributed by atoms with Gasteiger partial charge in [-0.15, -0.1) is 0 Å². The molecule has 1 aliphatic rings. The van der Waals surface area contributed by atoms with E-state index < -0.39 is 0 Å². The Bertz CT molecular complexity index is 771. The zero-order chi connectivity index (χ0) is 16.2. The lowest BCUT2D eigenvalue weighted by Crippen LogP contribution is -2.34. The Hall–Kier alpha value is -2.34. The summed E-state index contributed by atoms with van der Waals surface area (Å²) in [5, 5.41) is 10.3. The highest BCUT2D eigenvalue weighted by Gasteiger charge is 2.25. The van der Waals surface area contributed by atoms with Crippen LogP contribution in [0, 0.1) is 0 Å². The van der Waals surface area contributed by atoms with Crippen molar-refractivity contribution in [3.63, 3.8) is 0 Å². The lowest BCUT2D eigenvalue weighted by Gasteiger charge is -2.09. The summed E-state index contributed by atoms with van der Waals surface area (Å²) in [6, 6.07) is 9.87. The zero-order valence-corrected chi connectivity index (χ0v) is 13.2. The van der Waals surface area contributed by atoms with Gasteiger partial charge in [-0.25, -0.2) is 9.48 Å². The molecule has 3 rings (SSSR count). The predicted octanol–water partition coefficient (Wildman–Crippen LogP) is 2.60. The number of carbonyl (C=O) groups is 1. The number of rotatable bonds is 5. The number of carbonyl (C=O) groups excluding carboxylic acids is 1. The van der Waals surface area contributed by atoms with Crippen LogP contribution in [0.4, 0.5) is 10.5 Å². The molecule has 1 aromatic heterocycles. The molecule has 2 N–H and O–H groups in total. The fourth-order valence-corrected chi connectivity index (χ4v) is 2.43. The number of benzene rings is 1. The van der Waals surface area contributed by atoms with Gasteiger partial charge in [0.2, 0.25) is 0 Å². The Morgan fingerprint density at radius 1 is 1.30 bits per heavy atom. The van der Waals surface area contributed by atoms with Gasteiger partial charge in [-0.1, -0.05) is 17.7 Å². The Kier molecular flexibility index (Phi) is 4.62. The fourth-order valence-electron chi connectivity index (χ4n) is 2.24. The molecular formula is C16H17ClN4O2. The highest BCUT2D eigenvalue weighted by atomic mass is 35.5. The quantitative estimate of drug-likeness (QED) is 0.883. The second-order valence-corrected chi connectivity index (χ2v) is 5.92. The Morgan fingerprint density at radius 2 is 2.13 bits per heavy atom. The van der Waals surface area contributed by atoms with E-state index in [2.05, 4.69) is 15.7 Å². The molecule has 0 saturated heterocycles. The summed E-state index contributed by atoms with van der Waals surface area (Å²) in [5.74, 6) is 0.487. The molecule has 1 fully saturated rings. The van der Waals surface area contributed by atoms with E-state index in [-0.39, 0.29) is 11.6 Å². The molecule has 7 heteroatoms. The van der Waals surface area contributed by atoms with Gasteiger partial charge in [0.05, 0.1) is 12.2 Å². The van der Waals surface area contributed by atoms with Crippen molar-refractivity contribution in [2.75, 3.05) is 11.9 Å². The lowest BCUT2D eigenvalue weighted by molar-refractivity contribution is 0.251. The number of hydrogen-bond donors (Lipinski definition) is 2. The van der Waals surface area contributed by atoms with Crippen LogP contribution in [0.25, 0.3) is 0 Å². The van der Waals surface area contributed by atoms with Gasteiger partial charge in [0.1, 0.15) is 0 Å². The maximum absolute atomic E-state index is 11.8. The molecule has 23 heavy (non-hydrogen) atoms. The SMILES string of the molecule is O=C(NCCn1nc(C2CC2)ccc1=O)Nc1cccc(Cl)c1. The number of nitrogens with one attached hydrogen (secondary N) is 2. The predicted molar refractivity (Wildman–Crippen MR) is 88.9 cm³/mol. The van der Waals surface area contributed by atoms with Crippen molar-refractivity contribution in [2.45, 2.75) is 25.3 Å². The van der Waals surface area contributed by atoms with E-state index in [0.29, 0.717) is 29.7 Å². The molecule has 2 amide bonds. The maximum atomic E-state index is 11.8. The van der Waals surface area contributed by atoms with Crippen LogP contribution in [0.1, 0.15) is 24.5 Å². The van der Waals surface area contributed by atoms with Crippen molar-refractivity contribution >= 4 is 23.3 Å². The van der Waals surface area contributed by atoms with Gasteiger partial charge in [-0.05, 0) is 37.1 Å². The minimum Gasteiger partial charge on any atom is -0.336 e. The number of nitrogens with zero attached hydrogens (tertiary/aromatic N) is 2. The molecule has 0 aliphatic heterocycles. The van der Waals surface area contributed by atoms with Crippen molar-refractivity contribution in [3.05, 3.63) is 57.5 Å². The summed E-state index contributed by atoms with van der Waals surface area (Å²) in [5.41, 5.74) is 1.40. The highest BCUT2D eigenvalue weighted by Crippen LogP contribution is 2.38. The van der Waals surface area contributed by atoms with Gasteiger partial charge in [0.15, 0.2) is 0 Å².